The van der Waals surface area contributed by atoms with Crippen LogP contribution < -0.4 is 5.73 Å². The summed E-state index contributed by atoms with van der Waals surface area (Å²) in [6.07, 6.45) is 2.12. The van der Waals surface area contributed by atoms with Crippen molar-refractivity contribution in [3.8, 4) is 0 Å². The minimum atomic E-state index is -2.52. The molecular formula is C14H18F2N2. The highest BCUT2D eigenvalue weighted by molar-refractivity contribution is 6.10. The van der Waals surface area contributed by atoms with Gasteiger partial charge in [-0.3, -0.25) is 4.99 Å². The summed E-state index contributed by atoms with van der Waals surface area (Å²) in [7, 11) is 1.58. The van der Waals surface area contributed by atoms with Crippen molar-refractivity contribution < 1.29 is 8.78 Å². The van der Waals surface area contributed by atoms with Gasteiger partial charge in [0, 0.05) is 30.6 Å². The SMILES string of the molecule is CCCc1ccc(C(F)F)c(/C(C=NC)=C/N)c1. The summed E-state index contributed by atoms with van der Waals surface area (Å²) < 4.78 is 25.9. The second kappa shape index (κ2) is 6.89. The lowest BCUT2D eigenvalue weighted by atomic mass is 9.96. The fraction of sp³-hybridized carbons (Fsp3) is 0.357. The van der Waals surface area contributed by atoms with Gasteiger partial charge in [0.1, 0.15) is 0 Å². The largest absolute Gasteiger partial charge is 0.404 e. The number of nitrogens with zero attached hydrogens (tertiary/aromatic N) is 1. The minimum absolute atomic E-state index is 0.00791. The van der Waals surface area contributed by atoms with Gasteiger partial charge in [-0.25, -0.2) is 8.78 Å². The molecule has 1 aromatic carbocycles. The molecule has 0 aliphatic carbocycles. The molecule has 1 aromatic rings. The Morgan fingerprint density at radius 3 is 2.67 bits per heavy atom. The fourth-order valence-corrected chi connectivity index (χ4v) is 1.83. The lowest BCUT2D eigenvalue weighted by Gasteiger charge is -2.11. The Balaban J connectivity index is 3.30. The lowest BCUT2D eigenvalue weighted by molar-refractivity contribution is 0.151. The molecule has 0 aliphatic heterocycles. The standard InChI is InChI=1S/C14H18F2N2/c1-3-4-10-5-6-12(14(15)16)13(7-10)11(8-17)9-18-2/h5-9,14H,3-4,17H2,1-2H3/b11-8+,18-9?. The Morgan fingerprint density at radius 2 is 2.17 bits per heavy atom. The van der Waals surface area contributed by atoms with Crippen LogP contribution >= 0.6 is 0 Å². The van der Waals surface area contributed by atoms with E-state index in [2.05, 4.69) is 4.99 Å². The van der Waals surface area contributed by atoms with Crippen LogP contribution in [0.15, 0.2) is 29.4 Å². The molecule has 0 saturated carbocycles. The third-order valence-corrected chi connectivity index (χ3v) is 2.65. The van der Waals surface area contributed by atoms with E-state index < -0.39 is 6.43 Å². The third-order valence-electron chi connectivity index (χ3n) is 2.65. The molecule has 0 fully saturated rings. The average molecular weight is 252 g/mol. The highest BCUT2D eigenvalue weighted by atomic mass is 19.3. The first-order chi connectivity index (χ1) is 8.63. The summed E-state index contributed by atoms with van der Waals surface area (Å²) in [5.74, 6) is 0. The Hall–Kier alpha value is -1.71. The van der Waals surface area contributed by atoms with Crippen molar-refractivity contribution in [3.63, 3.8) is 0 Å². The van der Waals surface area contributed by atoms with Gasteiger partial charge in [-0.2, -0.15) is 0 Å². The van der Waals surface area contributed by atoms with Crippen LogP contribution in [-0.2, 0) is 6.42 Å². The van der Waals surface area contributed by atoms with E-state index in [1.807, 2.05) is 6.92 Å². The first kappa shape index (κ1) is 14.4. The van der Waals surface area contributed by atoms with Gasteiger partial charge >= 0.3 is 0 Å². The number of alkyl halides is 2. The van der Waals surface area contributed by atoms with Gasteiger partial charge in [-0.1, -0.05) is 31.5 Å². The zero-order valence-corrected chi connectivity index (χ0v) is 10.7. The van der Waals surface area contributed by atoms with E-state index in [9.17, 15) is 8.78 Å². The van der Waals surface area contributed by atoms with Crippen molar-refractivity contribution in [3.05, 3.63) is 41.1 Å². The predicted molar refractivity (Wildman–Crippen MR) is 72.0 cm³/mol. The van der Waals surface area contributed by atoms with Crippen molar-refractivity contribution in [2.75, 3.05) is 7.05 Å². The molecule has 2 nitrogen and oxygen atoms in total. The number of benzene rings is 1. The van der Waals surface area contributed by atoms with Crippen molar-refractivity contribution >= 4 is 11.8 Å². The predicted octanol–water partition coefficient (Wildman–Crippen LogP) is 3.58. The second-order valence-corrected chi connectivity index (χ2v) is 3.98. The third kappa shape index (κ3) is 3.39. The van der Waals surface area contributed by atoms with Crippen molar-refractivity contribution in [1.82, 2.24) is 0 Å². The van der Waals surface area contributed by atoms with E-state index >= 15 is 0 Å². The van der Waals surface area contributed by atoms with Gasteiger partial charge in [0.25, 0.3) is 6.43 Å². The van der Waals surface area contributed by atoms with Gasteiger partial charge in [0.15, 0.2) is 0 Å². The van der Waals surface area contributed by atoms with E-state index in [0.29, 0.717) is 11.1 Å². The average Bonchev–Trinajstić information content (AvgIpc) is 2.36. The van der Waals surface area contributed by atoms with E-state index in [1.165, 1.54) is 18.5 Å². The number of nitrogens with two attached hydrogens (primary N) is 1. The molecule has 0 aromatic heterocycles. The molecule has 0 atom stereocenters. The molecule has 0 spiro atoms. The quantitative estimate of drug-likeness (QED) is 0.799. The Bertz CT molecular complexity index is 451. The number of allylic oxidation sites excluding steroid dienone is 1. The molecule has 0 amide bonds. The second-order valence-electron chi connectivity index (χ2n) is 3.98. The van der Waals surface area contributed by atoms with Gasteiger partial charge < -0.3 is 5.73 Å². The topological polar surface area (TPSA) is 38.4 Å². The molecule has 98 valence electrons. The summed E-state index contributed by atoms with van der Waals surface area (Å²) in [6.45, 7) is 2.05. The first-order valence-electron chi connectivity index (χ1n) is 5.89. The zero-order valence-electron chi connectivity index (χ0n) is 10.7. The molecule has 2 N–H and O–H groups in total. The van der Waals surface area contributed by atoms with Crippen LogP contribution in [0.1, 0.15) is 36.5 Å². The number of hydrogen-bond donors (Lipinski definition) is 1. The minimum Gasteiger partial charge on any atom is -0.404 e. The smallest absolute Gasteiger partial charge is 0.264 e. The molecule has 18 heavy (non-hydrogen) atoms. The summed E-state index contributed by atoms with van der Waals surface area (Å²) in [5.41, 5.74) is 7.49. The highest BCUT2D eigenvalue weighted by Gasteiger charge is 2.15. The fourth-order valence-electron chi connectivity index (χ4n) is 1.83. The number of aryl methyl sites for hydroxylation is 1. The number of rotatable bonds is 5. The van der Waals surface area contributed by atoms with Gasteiger partial charge in [0.05, 0.1) is 0 Å². The Labute approximate surface area is 106 Å². The molecule has 1 rings (SSSR count). The lowest BCUT2D eigenvalue weighted by Crippen LogP contribution is -2.00. The molecule has 0 unspecified atom stereocenters. The van der Waals surface area contributed by atoms with E-state index in [4.69, 9.17) is 5.73 Å². The van der Waals surface area contributed by atoms with E-state index in [1.54, 1.807) is 19.2 Å². The maximum Gasteiger partial charge on any atom is 0.264 e. The van der Waals surface area contributed by atoms with Crippen LogP contribution in [-0.4, -0.2) is 13.3 Å². The van der Waals surface area contributed by atoms with Gasteiger partial charge in [0.2, 0.25) is 0 Å². The van der Waals surface area contributed by atoms with Crippen LogP contribution in [0.5, 0.6) is 0 Å². The normalized spacial score (nSPS) is 12.6. The molecule has 0 saturated heterocycles. The number of hydrogen-bond acceptors (Lipinski definition) is 2. The number of halogens is 2. The van der Waals surface area contributed by atoms with Gasteiger partial charge in [-0.05, 0) is 17.5 Å². The van der Waals surface area contributed by atoms with E-state index in [-0.39, 0.29) is 5.56 Å². The summed E-state index contributed by atoms with van der Waals surface area (Å²) in [4.78, 5) is 3.84. The molecule has 0 heterocycles. The summed E-state index contributed by atoms with van der Waals surface area (Å²) >= 11 is 0. The van der Waals surface area contributed by atoms with Gasteiger partial charge in [-0.15, -0.1) is 0 Å². The highest BCUT2D eigenvalue weighted by Crippen LogP contribution is 2.28. The van der Waals surface area contributed by atoms with Crippen molar-refractivity contribution in [2.24, 2.45) is 10.7 Å². The molecule has 0 bridgehead atoms. The maximum atomic E-state index is 13.0. The van der Waals surface area contributed by atoms with Crippen LogP contribution in [0.4, 0.5) is 8.78 Å². The maximum absolute atomic E-state index is 13.0. The van der Waals surface area contributed by atoms with Crippen LogP contribution in [0, 0.1) is 0 Å². The molecule has 0 aliphatic rings. The molecule has 4 heteroatoms. The van der Waals surface area contributed by atoms with Crippen LogP contribution in [0.25, 0.3) is 5.57 Å². The first-order valence-corrected chi connectivity index (χ1v) is 5.89. The molecule has 0 radical (unpaired) electrons. The zero-order chi connectivity index (χ0) is 13.5. The van der Waals surface area contributed by atoms with Crippen LogP contribution in [0.3, 0.4) is 0 Å². The Morgan fingerprint density at radius 1 is 1.44 bits per heavy atom. The summed E-state index contributed by atoms with van der Waals surface area (Å²) in [6, 6.07) is 4.98. The van der Waals surface area contributed by atoms with Crippen molar-refractivity contribution in [1.29, 1.82) is 0 Å². The summed E-state index contributed by atoms with van der Waals surface area (Å²) in [5, 5.41) is 0. The molecular weight excluding hydrogens is 234 g/mol. The van der Waals surface area contributed by atoms with Crippen molar-refractivity contribution in [2.45, 2.75) is 26.2 Å². The monoisotopic (exact) mass is 252 g/mol. The van der Waals surface area contributed by atoms with Crippen LogP contribution in [0.2, 0.25) is 0 Å². The Kier molecular flexibility index (Phi) is 5.49. The van der Waals surface area contributed by atoms with E-state index in [0.717, 1.165) is 18.4 Å². The number of aliphatic imine (C=N–C) groups is 1.